The zero-order chi connectivity index (χ0) is 18.3. The Morgan fingerprint density at radius 2 is 1.77 bits per heavy atom. The second kappa shape index (κ2) is 6.53. The third-order valence-electron chi connectivity index (χ3n) is 4.94. The second-order valence-electron chi connectivity index (χ2n) is 6.52. The van der Waals surface area contributed by atoms with Crippen molar-refractivity contribution in [1.82, 2.24) is 0 Å². The smallest absolute Gasteiger partial charge is 0.314 e. The molecule has 0 aliphatic carbocycles. The molecule has 6 heteroatoms. The third-order valence-corrected chi connectivity index (χ3v) is 4.94. The fraction of sp³-hybridized carbons (Fsp3) is 0.350. The minimum absolute atomic E-state index is 0.232. The fourth-order valence-electron chi connectivity index (χ4n) is 3.59. The molecule has 2 saturated heterocycles. The maximum Gasteiger partial charge on any atom is 0.314 e. The van der Waals surface area contributed by atoms with Crippen LogP contribution in [0.4, 0.5) is 5.69 Å². The lowest BCUT2D eigenvalue weighted by Crippen LogP contribution is -2.27. The van der Waals surface area contributed by atoms with Crippen LogP contribution in [0.3, 0.4) is 0 Å². The van der Waals surface area contributed by atoms with E-state index in [1.54, 1.807) is 14.2 Å². The van der Waals surface area contributed by atoms with Crippen molar-refractivity contribution in [2.75, 3.05) is 25.9 Å². The Labute approximate surface area is 152 Å². The Hall–Kier alpha value is -2.73. The molecule has 2 heterocycles. The zero-order valence-electron chi connectivity index (χ0n) is 15.0. The lowest BCUT2D eigenvalue weighted by molar-refractivity contribution is -0.141. The van der Waals surface area contributed by atoms with Gasteiger partial charge in [-0.05, 0) is 36.8 Å². The molecule has 2 aromatic carbocycles. The van der Waals surface area contributed by atoms with Gasteiger partial charge in [-0.15, -0.1) is 0 Å². The standard InChI is InChI=1S/C20H21NO5/c1-12-4-7-14(8-5-12)21-19(18-17(26-21)11-25-20(18)22)13-6-9-15(23-2)16(10-13)24-3/h4-10,17-19H,11H2,1-3H3. The molecule has 6 nitrogen and oxygen atoms in total. The summed E-state index contributed by atoms with van der Waals surface area (Å²) in [6.45, 7) is 2.31. The van der Waals surface area contributed by atoms with Crippen LogP contribution in [0.1, 0.15) is 17.2 Å². The van der Waals surface area contributed by atoms with Crippen LogP contribution < -0.4 is 14.5 Å². The molecule has 0 radical (unpaired) electrons. The van der Waals surface area contributed by atoms with Gasteiger partial charge < -0.3 is 14.2 Å². The summed E-state index contributed by atoms with van der Waals surface area (Å²) < 4.78 is 16.0. The maximum atomic E-state index is 12.4. The molecule has 0 bridgehead atoms. The van der Waals surface area contributed by atoms with E-state index in [-0.39, 0.29) is 30.6 Å². The molecule has 136 valence electrons. The maximum absolute atomic E-state index is 12.4. The van der Waals surface area contributed by atoms with Gasteiger partial charge in [-0.25, -0.2) is 5.06 Å². The van der Waals surface area contributed by atoms with Crippen molar-refractivity contribution in [1.29, 1.82) is 0 Å². The summed E-state index contributed by atoms with van der Waals surface area (Å²) in [6.07, 6.45) is -0.290. The van der Waals surface area contributed by atoms with Crippen molar-refractivity contribution in [3.8, 4) is 11.5 Å². The van der Waals surface area contributed by atoms with Crippen molar-refractivity contribution < 1.29 is 23.8 Å². The van der Waals surface area contributed by atoms with E-state index in [4.69, 9.17) is 19.0 Å². The summed E-state index contributed by atoms with van der Waals surface area (Å²) >= 11 is 0. The number of methoxy groups -OCH3 is 2. The molecule has 4 rings (SSSR count). The van der Waals surface area contributed by atoms with Crippen molar-refractivity contribution in [2.24, 2.45) is 5.92 Å². The van der Waals surface area contributed by atoms with Gasteiger partial charge in [0.2, 0.25) is 0 Å². The monoisotopic (exact) mass is 355 g/mol. The minimum Gasteiger partial charge on any atom is -0.493 e. The van der Waals surface area contributed by atoms with Crippen LogP contribution in [0.25, 0.3) is 0 Å². The number of carbonyl (C=O) groups excluding carboxylic acids is 1. The van der Waals surface area contributed by atoms with E-state index in [1.165, 1.54) is 0 Å². The summed E-state index contributed by atoms with van der Waals surface area (Å²) in [5, 5.41) is 1.82. The lowest BCUT2D eigenvalue weighted by Gasteiger charge is -2.27. The Morgan fingerprint density at radius 1 is 1.04 bits per heavy atom. The molecule has 3 unspecified atom stereocenters. The molecule has 0 aromatic heterocycles. The molecule has 0 amide bonds. The summed E-state index contributed by atoms with van der Waals surface area (Å²) in [5.74, 6) is 0.644. The number of fused-ring (bicyclic) bond motifs is 1. The third kappa shape index (κ3) is 2.66. The van der Waals surface area contributed by atoms with Gasteiger partial charge in [-0.1, -0.05) is 23.8 Å². The molecular formula is C20H21NO5. The number of benzene rings is 2. The van der Waals surface area contributed by atoms with Gasteiger partial charge in [0.25, 0.3) is 0 Å². The number of hydrogen-bond donors (Lipinski definition) is 0. The number of aryl methyl sites for hydroxylation is 1. The van der Waals surface area contributed by atoms with Crippen LogP contribution in [-0.2, 0) is 14.4 Å². The number of hydrogen-bond acceptors (Lipinski definition) is 6. The highest BCUT2D eigenvalue weighted by Crippen LogP contribution is 2.46. The van der Waals surface area contributed by atoms with Crippen LogP contribution in [0, 0.1) is 12.8 Å². The lowest BCUT2D eigenvalue weighted by atomic mass is 9.90. The Balaban J connectivity index is 1.78. The average molecular weight is 355 g/mol. The summed E-state index contributed by atoms with van der Waals surface area (Å²) in [7, 11) is 3.19. The predicted molar refractivity (Wildman–Crippen MR) is 95.3 cm³/mol. The molecule has 0 saturated carbocycles. The Morgan fingerprint density at radius 3 is 2.46 bits per heavy atom. The molecule has 0 spiro atoms. The van der Waals surface area contributed by atoms with E-state index in [2.05, 4.69) is 0 Å². The van der Waals surface area contributed by atoms with Crippen LogP contribution in [0.15, 0.2) is 42.5 Å². The van der Waals surface area contributed by atoms with Crippen molar-refractivity contribution >= 4 is 11.7 Å². The Kier molecular flexibility index (Phi) is 4.20. The average Bonchev–Trinajstić information content (AvgIpc) is 3.21. The van der Waals surface area contributed by atoms with Crippen molar-refractivity contribution in [3.05, 3.63) is 53.6 Å². The molecule has 2 aliphatic heterocycles. The van der Waals surface area contributed by atoms with E-state index >= 15 is 0 Å². The van der Waals surface area contributed by atoms with Crippen LogP contribution in [0.2, 0.25) is 0 Å². The molecule has 0 N–H and O–H groups in total. The van der Waals surface area contributed by atoms with Crippen molar-refractivity contribution in [3.63, 3.8) is 0 Å². The largest absolute Gasteiger partial charge is 0.493 e. The van der Waals surface area contributed by atoms with Crippen molar-refractivity contribution in [2.45, 2.75) is 19.1 Å². The predicted octanol–water partition coefficient (Wildman–Crippen LogP) is 3.05. The summed E-state index contributed by atoms with van der Waals surface area (Å²) in [6, 6.07) is 13.4. The molecular weight excluding hydrogens is 334 g/mol. The highest BCUT2D eigenvalue weighted by molar-refractivity contribution is 5.78. The van der Waals surface area contributed by atoms with E-state index < -0.39 is 0 Å². The van der Waals surface area contributed by atoms with Gasteiger partial charge in [0, 0.05) is 0 Å². The van der Waals surface area contributed by atoms with Gasteiger partial charge in [0.05, 0.1) is 25.9 Å². The number of ether oxygens (including phenoxy) is 3. The first-order valence-corrected chi connectivity index (χ1v) is 8.53. The van der Waals surface area contributed by atoms with E-state index in [0.717, 1.165) is 16.8 Å². The first kappa shape index (κ1) is 16.7. The molecule has 26 heavy (non-hydrogen) atoms. The summed E-state index contributed by atoms with van der Waals surface area (Å²) in [4.78, 5) is 18.5. The fourth-order valence-corrected chi connectivity index (χ4v) is 3.59. The number of rotatable bonds is 4. The van der Waals surface area contributed by atoms with Gasteiger partial charge >= 0.3 is 5.97 Å². The number of anilines is 1. The highest BCUT2D eigenvalue weighted by atomic mass is 16.7. The normalized spacial score (nSPS) is 24.3. The summed E-state index contributed by atoms with van der Waals surface area (Å²) in [5.41, 5.74) is 2.97. The molecule has 2 aliphatic rings. The van der Waals surface area contributed by atoms with Gasteiger partial charge in [-0.3, -0.25) is 9.63 Å². The zero-order valence-corrected chi connectivity index (χ0v) is 15.0. The number of cyclic esters (lactones) is 1. The minimum atomic E-state index is -0.380. The number of carbonyl (C=O) groups is 1. The first-order chi connectivity index (χ1) is 12.6. The molecule has 2 aromatic rings. The quantitative estimate of drug-likeness (QED) is 0.786. The van der Waals surface area contributed by atoms with Crippen LogP contribution in [-0.4, -0.2) is 32.9 Å². The van der Waals surface area contributed by atoms with Gasteiger partial charge in [0.1, 0.15) is 18.6 Å². The van der Waals surface area contributed by atoms with E-state index in [0.29, 0.717) is 11.5 Å². The van der Waals surface area contributed by atoms with E-state index in [9.17, 15) is 4.79 Å². The SMILES string of the molecule is COc1ccc(C2C3C(=O)OCC3ON2c2ccc(C)cc2)cc1OC. The second-order valence-corrected chi connectivity index (χ2v) is 6.52. The highest BCUT2D eigenvalue weighted by Gasteiger charge is 2.53. The van der Waals surface area contributed by atoms with Gasteiger partial charge in [-0.2, -0.15) is 0 Å². The Bertz CT molecular complexity index is 819. The topological polar surface area (TPSA) is 57.2 Å². The number of esters is 1. The molecule has 3 atom stereocenters. The van der Waals surface area contributed by atoms with Crippen LogP contribution >= 0.6 is 0 Å². The van der Waals surface area contributed by atoms with Gasteiger partial charge in [0.15, 0.2) is 11.5 Å². The first-order valence-electron chi connectivity index (χ1n) is 8.53. The van der Waals surface area contributed by atoms with Crippen LogP contribution in [0.5, 0.6) is 11.5 Å². The van der Waals surface area contributed by atoms with E-state index in [1.807, 2.05) is 54.5 Å². The number of hydroxylamine groups is 1. The number of nitrogens with zero attached hydrogens (tertiary/aromatic N) is 1. The molecule has 2 fully saturated rings.